The number of nitrogens with one attached hydrogen (secondary N) is 1. The van der Waals surface area contributed by atoms with Gasteiger partial charge in [0, 0.05) is 6.42 Å². The Morgan fingerprint density at radius 1 is 1.61 bits per heavy atom. The lowest BCUT2D eigenvalue weighted by Crippen LogP contribution is -2.29. The predicted octanol–water partition coefficient (Wildman–Crippen LogP) is 1.07. The first-order valence-corrected chi connectivity index (χ1v) is 6.07. The molecule has 1 atom stereocenters. The molecule has 7 nitrogen and oxygen atoms in total. The van der Waals surface area contributed by atoms with E-state index in [1.54, 1.807) is 10.8 Å². The van der Waals surface area contributed by atoms with Crippen LogP contribution in [0.2, 0.25) is 0 Å². The Morgan fingerprint density at radius 2 is 2.39 bits per heavy atom. The number of imidazole rings is 1. The molecule has 1 aliphatic heterocycles. The maximum atomic E-state index is 11.8. The second-order valence-electron chi connectivity index (χ2n) is 4.21. The largest absolute Gasteiger partial charge is 0.475 e. The number of H-pyrrole nitrogens is 1. The monoisotopic (exact) mass is 311 g/mol. The summed E-state index contributed by atoms with van der Waals surface area (Å²) < 4.78 is 7.77. The Kier molecular flexibility index (Phi) is 2.24. The standard InChI is InChI=1S/C10H10BrN5O2/c1-10(3-2-4-18-10)16-6-5(13-8(16)11)7(17)15-9(12)14-6/h2,4H,3H2,1H3,(H3,12,14,15,17). The van der Waals surface area contributed by atoms with Gasteiger partial charge in [0.15, 0.2) is 21.6 Å². The van der Waals surface area contributed by atoms with E-state index in [9.17, 15) is 4.79 Å². The van der Waals surface area contributed by atoms with E-state index in [2.05, 4.69) is 30.9 Å². The first-order chi connectivity index (χ1) is 8.51. The molecule has 18 heavy (non-hydrogen) atoms. The van der Waals surface area contributed by atoms with Crippen LogP contribution in [0.5, 0.6) is 0 Å². The average molecular weight is 312 g/mol. The first kappa shape index (κ1) is 11.3. The molecular formula is C10H10BrN5O2. The van der Waals surface area contributed by atoms with E-state index in [-0.39, 0.29) is 17.0 Å². The molecule has 8 heteroatoms. The molecule has 3 heterocycles. The summed E-state index contributed by atoms with van der Waals surface area (Å²) in [6.07, 6.45) is 4.18. The lowest BCUT2D eigenvalue weighted by atomic mass is 10.2. The van der Waals surface area contributed by atoms with Gasteiger partial charge in [0.25, 0.3) is 5.56 Å². The van der Waals surface area contributed by atoms with Gasteiger partial charge in [-0.3, -0.25) is 14.3 Å². The predicted molar refractivity (Wildman–Crippen MR) is 68.8 cm³/mol. The van der Waals surface area contributed by atoms with Crippen molar-refractivity contribution in [1.29, 1.82) is 0 Å². The third kappa shape index (κ3) is 1.45. The average Bonchev–Trinajstić information content (AvgIpc) is 2.83. The molecule has 0 saturated heterocycles. The van der Waals surface area contributed by atoms with Gasteiger partial charge in [-0.1, -0.05) is 0 Å². The van der Waals surface area contributed by atoms with Crippen molar-refractivity contribution < 1.29 is 4.74 Å². The number of nitrogens with two attached hydrogens (primary N) is 1. The van der Waals surface area contributed by atoms with Crippen LogP contribution < -0.4 is 11.3 Å². The highest BCUT2D eigenvalue weighted by molar-refractivity contribution is 9.10. The molecule has 0 aliphatic carbocycles. The molecule has 1 unspecified atom stereocenters. The number of hydrogen-bond acceptors (Lipinski definition) is 5. The Labute approximate surface area is 110 Å². The number of ether oxygens (including phenoxy) is 1. The molecule has 3 rings (SSSR count). The number of anilines is 1. The minimum atomic E-state index is -0.652. The molecule has 0 spiro atoms. The molecule has 2 aromatic rings. The van der Waals surface area contributed by atoms with E-state index in [1.165, 1.54) is 0 Å². The van der Waals surface area contributed by atoms with E-state index in [0.717, 1.165) is 0 Å². The second-order valence-corrected chi connectivity index (χ2v) is 4.92. The van der Waals surface area contributed by atoms with Crippen LogP contribution in [0, 0.1) is 0 Å². The van der Waals surface area contributed by atoms with Crippen molar-refractivity contribution in [2.24, 2.45) is 0 Å². The van der Waals surface area contributed by atoms with Gasteiger partial charge in [0.1, 0.15) is 0 Å². The van der Waals surface area contributed by atoms with E-state index < -0.39 is 5.72 Å². The van der Waals surface area contributed by atoms with Crippen LogP contribution >= 0.6 is 15.9 Å². The molecule has 3 N–H and O–H groups in total. The summed E-state index contributed by atoms with van der Waals surface area (Å²) in [6.45, 7) is 1.89. The first-order valence-electron chi connectivity index (χ1n) is 5.28. The summed E-state index contributed by atoms with van der Waals surface area (Å²) in [5.74, 6) is 0.0516. The normalized spacial score (nSPS) is 22.6. The van der Waals surface area contributed by atoms with Gasteiger partial charge in [-0.2, -0.15) is 4.98 Å². The van der Waals surface area contributed by atoms with Crippen molar-refractivity contribution in [3.05, 3.63) is 27.4 Å². The molecule has 94 valence electrons. The molecule has 2 aromatic heterocycles. The van der Waals surface area contributed by atoms with E-state index >= 15 is 0 Å². The van der Waals surface area contributed by atoms with Crippen molar-refractivity contribution in [3.8, 4) is 0 Å². The van der Waals surface area contributed by atoms with E-state index in [4.69, 9.17) is 10.5 Å². The van der Waals surface area contributed by atoms with E-state index in [0.29, 0.717) is 16.8 Å². The number of aromatic amines is 1. The summed E-state index contributed by atoms with van der Waals surface area (Å²) in [7, 11) is 0. The fraction of sp³-hybridized carbons (Fsp3) is 0.300. The van der Waals surface area contributed by atoms with Crippen LogP contribution in [0.3, 0.4) is 0 Å². The summed E-state index contributed by atoms with van der Waals surface area (Å²) in [6, 6.07) is 0. The van der Waals surface area contributed by atoms with Gasteiger partial charge in [-0.15, -0.1) is 0 Å². The Hall–Kier alpha value is -1.83. The number of nitrogen functional groups attached to an aromatic ring is 1. The highest BCUT2D eigenvalue weighted by atomic mass is 79.9. The molecule has 0 saturated carbocycles. The topological polar surface area (TPSA) is 98.8 Å². The Bertz CT molecular complexity index is 709. The lowest BCUT2D eigenvalue weighted by molar-refractivity contribution is -0.0101. The summed E-state index contributed by atoms with van der Waals surface area (Å²) in [5, 5.41) is 0. The summed E-state index contributed by atoms with van der Waals surface area (Å²) >= 11 is 3.32. The van der Waals surface area contributed by atoms with Crippen LogP contribution in [-0.4, -0.2) is 19.5 Å². The van der Waals surface area contributed by atoms with Gasteiger partial charge in [0.2, 0.25) is 5.95 Å². The minimum Gasteiger partial charge on any atom is -0.475 e. The molecule has 0 bridgehead atoms. The zero-order valence-corrected chi connectivity index (χ0v) is 11.1. The van der Waals surface area contributed by atoms with Crippen LogP contribution in [0.15, 0.2) is 21.9 Å². The quantitative estimate of drug-likeness (QED) is 0.768. The van der Waals surface area contributed by atoms with Crippen LogP contribution in [0.25, 0.3) is 11.2 Å². The van der Waals surface area contributed by atoms with E-state index in [1.807, 2.05) is 13.0 Å². The number of halogens is 1. The van der Waals surface area contributed by atoms with Gasteiger partial charge in [0.05, 0.1) is 6.26 Å². The number of hydrogen-bond donors (Lipinski definition) is 2. The fourth-order valence-corrected chi connectivity index (χ4v) is 2.75. The second kappa shape index (κ2) is 3.58. The third-order valence-corrected chi connectivity index (χ3v) is 3.41. The van der Waals surface area contributed by atoms with Crippen molar-refractivity contribution >= 4 is 33.0 Å². The minimum absolute atomic E-state index is 0.0516. The summed E-state index contributed by atoms with van der Waals surface area (Å²) in [4.78, 5) is 22.5. The van der Waals surface area contributed by atoms with Crippen molar-refractivity contribution in [1.82, 2.24) is 19.5 Å². The highest BCUT2D eigenvalue weighted by Crippen LogP contribution is 2.34. The number of fused-ring (bicyclic) bond motifs is 1. The van der Waals surface area contributed by atoms with Gasteiger partial charge < -0.3 is 10.5 Å². The smallest absolute Gasteiger partial charge is 0.280 e. The van der Waals surface area contributed by atoms with Gasteiger partial charge >= 0.3 is 0 Å². The Morgan fingerprint density at radius 3 is 3.06 bits per heavy atom. The molecule has 0 amide bonds. The Balaban J connectivity index is 2.35. The summed E-state index contributed by atoms with van der Waals surface area (Å²) in [5.41, 5.74) is 5.17. The van der Waals surface area contributed by atoms with Gasteiger partial charge in [-0.05, 0) is 28.9 Å². The zero-order valence-electron chi connectivity index (χ0n) is 9.48. The van der Waals surface area contributed by atoms with Crippen LogP contribution in [-0.2, 0) is 10.5 Å². The van der Waals surface area contributed by atoms with Crippen LogP contribution in [0.4, 0.5) is 5.95 Å². The number of nitrogens with zero attached hydrogens (tertiary/aromatic N) is 3. The fourth-order valence-electron chi connectivity index (χ4n) is 2.03. The molecule has 1 aliphatic rings. The van der Waals surface area contributed by atoms with Crippen molar-refractivity contribution in [2.75, 3.05) is 5.73 Å². The van der Waals surface area contributed by atoms with Crippen LogP contribution in [0.1, 0.15) is 13.3 Å². The molecule has 0 fully saturated rings. The number of aromatic nitrogens is 4. The van der Waals surface area contributed by atoms with Crippen molar-refractivity contribution in [3.63, 3.8) is 0 Å². The van der Waals surface area contributed by atoms with Crippen molar-refractivity contribution in [2.45, 2.75) is 19.1 Å². The molecule has 0 radical (unpaired) electrons. The lowest BCUT2D eigenvalue weighted by Gasteiger charge is -2.26. The SMILES string of the molecule is CC1(n2c(Br)nc3c(=O)[nH]c(N)nc32)CC=CO1. The maximum absolute atomic E-state index is 11.8. The van der Waals surface area contributed by atoms with Gasteiger partial charge in [-0.25, -0.2) is 4.98 Å². The number of rotatable bonds is 1. The molecular weight excluding hydrogens is 302 g/mol. The highest BCUT2D eigenvalue weighted by Gasteiger charge is 2.34. The third-order valence-electron chi connectivity index (χ3n) is 2.88. The molecule has 0 aromatic carbocycles. The zero-order chi connectivity index (χ0) is 12.9. The maximum Gasteiger partial charge on any atom is 0.280 e.